The second kappa shape index (κ2) is 7.26. The maximum absolute atomic E-state index is 12.7. The van der Waals surface area contributed by atoms with Gasteiger partial charge in [0.1, 0.15) is 11.9 Å². The van der Waals surface area contributed by atoms with Gasteiger partial charge in [-0.3, -0.25) is 0 Å². The number of benzene rings is 2. The van der Waals surface area contributed by atoms with Crippen molar-refractivity contribution in [3.8, 4) is 5.75 Å². The molecule has 2 aromatic carbocycles. The largest absolute Gasteiger partial charge is 0.485 e. The fourth-order valence-corrected chi connectivity index (χ4v) is 3.09. The molecule has 1 heterocycles. The molecule has 24 heavy (non-hydrogen) atoms. The van der Waals surface area contributed by atoms with E-state index >= 15 is 0 Å². The minimum atomic E-state index is -4.33. The molecule has 0 amide bonds. The molecule has 0 spiro atoms. The summed E-state index contributed by atoms with van der Waals surface area (Å²) in [4.78, 5) is 0. The van der Waals surface area contributed by atoms with Gasteiger partial charge in [0.25, 0.3) is 0 Å². The first-order valence-electron chi connectivity index (χ1n) is 8.13. The van der Waals surface area contributed by atoms with Crippen LogP contribution in [0.4, 0.5) is 13.2 Å². The third kappa shape index (κ3) is 4.09. The van der Waals surface area contributed by atoms with Crippen molar-refractivity contribution < 1.29 is 17.9 Å². The molecule has 2 nitrogen and oxygen atoms in total. The Bertz CT molecular complexity index is 634. The van der Waals surface area contributed by atoms with Crippen LogP contribution < -0.4 is 10.1 Å². The Labute approximate surface area is 139 Å². The molecule has 5 heteroatoms. The predicted octanol–water partition coefficient (Wildman–Crippen LogP) is 4.83. The van der Waals surface area contributed by atoms with E-state index < -0.39 is 11.7 Å². The maximum Gasteiger partial charge on any atom is 0.416 e. The zero-order valence-electron chi connectivity index (χ0n) is 13.2. The summed E-state index contributed by atoms with van der Waals surface area (Å²) in [6.45, 7) is 1.85. The number of rotatable bonds is 4. The van der Waals surface area contributed by atoms with Gasteiger partial charge in [0, 0.05) is 12.5 Å². The van der Waals surface area contributed by atoms with Gasteiger partial charge < -0.3 is 10.1 Å². The van der Waals surface area contributed by atoms with Crippen LogP contribution in [0.3, 0.4) is 0 Å². The van der Waals surface area contributed by atoms with E-state index in [2.05, 4.69) is 5.32 Å². The summed E-state index contributed by atoms with van der Waals surface area (Å²) in [6, 6.07) is 14.8. The summed E-state index contributed by atoms with van der Waals surface area (Å²) in [5, 5.41) is 3.37. The third-order valence-electron chi connectivity index (χ3n) is 4.34. The molecule has 2 aromatic rings. The number of ether oxygens (including phenoxy) is 1. The first kappa shape index (κ1) is 16.8. The molecule has 0 aliphatic carbocycles. The van der Waals surface area contributed by atoms with Crippen molar-refractivity contribution in [2.45, 2.75) is 25.1 Å². The fraction of sp³-hybridized carbons (Fsp3) is 0.368. The van der Waals surface area contributed by atoms with Crippen molar-refractivity contribution in [1.29, 1.82) is 0 Å². The van der Waals surface area contributed by atoms with Gasteiger partial charge in [-0.15, -0.1) is 0 Å². The van der Waals surface area contributed by atoms with Crippen molar-refractivity contribution in [2.24, 2.45) is 5.92 Å². The first-order valence-corrected chi connectivity index (χ1v) is 8.13. The Balaban J connectivity index is 1.81. The molecule has 0 aromatic heterocycles. The van der Waals surface area contributed by atoms with Crippen molar-refractivity contribution in [3.05, 3.63) is 65.7 Å². The number of piperidine rings is 1. The molecule has 0 saturated carbocycles. The smallest absolute Gasteiger partial charge is 0.416 e. The number of alkyl halides is 3. The van der Waals surface area contributed by atoms with Crippen molar-refractivity contribution in [3.63, 3.8) is 0 Å². The van der Waals surface area contributed by atoms with Gasteiger partial charge in [0.15, 0.2) is 0 Å². The molecule has 1 aliphatic rings. The third-order valence-corrected chi connectivity index (χ3v) is 4.34. The minimum Gasteiger partial charge on any atom is -0.485 e. The van der Waals surface area contributed by atoms with Gasteiger partial charge in [0.05, 0.1) is 5.56 Å². The van der Waals surface area contributed by atoms with Crippen LogP contribution in [0.5, 0.6) is 5.75 Å². The van der Waals surface area contributed by atoms with Gasteiger partial charge in [-0.1, -0.05) is 30.3 Å². The summed E-state index contributed by atoms with van der Waals surface area (Å²) < 4.78 is 44.2. The molecule has 3 rings (SSSR count). The highest BCUT2D eigenvalue weighted by Gasteiger charge is 2.31. The van der Waals surface area contributed by atoms with Crippen LogP contribution in [0.2, 0.25) is 0 Å². The lowest BCUT2D eigenvalue weighted by Gasteiger charge is -2.31. The van der Waals surface area contributed by atoms with E-state index in [9.17, 15) is 13.2 Å². The monoisotopic (exact) mass is 335 g/mol. The molecule has 2 atom stereocenters. The van der Waals surface area contributed by atoms with Crippen LogP contribution in [0.15, 0.2) is 54.6 Å². The molecular formula is C19H20F3NO. The maximum atomic E-state index is 12.7. The lowest BCUT2D eigenvalue weighted by atomic mass is 9.89. The van der Waals surface area contributed by atoms with Gasteiger partial charge in [-0.25, -0.2) is 0 Å². The summed E-state index contributed by atoms with van der Waals surface area (Å²) in [5.41, 5.74) is 0.386. The van der Waals surface area contributed by atoms with E-state index in [4.69, 9.17) is 4.74 Å². The zero-order valence-corrected chi connectivity index (χ0v) is 13.2. The normalized spacial score (nSPS) is 19.7. The number of hydrogen-bond donors (Lipinski definition) is 1. The van der Waals surface area contributed by atoms with E-state index in [0.717, 1.165) is 43.6 Å². The standard InChI is InChI=1S/C19H20F3NO/c20-19(21,22)16-8-10-17(11-9-16)24-18(14-5-2-1-3-6-14)15-7-4-12-23-13-15/h1-3,5-6,8-11,15,18,23H,4,7,12-13H2/t15-,18?/m1/s1. The van der Waals surface area contributed by atoms with Gasteiger partial charge in [-0.2, -0.15) is 13.2 Å². The average molecular weight is 335 g/mol. The molecule has 128 valence electrons. The average Bonchev–Trinajstić information content (AvgIpc) is 2.61. The summed E-state index contributed by atoms with van der Waals surface area (Å²) in [5.74, 6) is 0.755. The van der Waals surface area contributed by atoms with E-state index in [1.807, 2.05) is 30.3 Å². The van der Waals surface area contributed by atoms with Crippen LogP contribution in [-0.4, -0.2) is 13.1 Å². The second-order valence-electron chi connectivity index (χ2n) is 6.08. The number of hydrogen-bond acceptors (Lipinski definition) is 2. The second-order valence-corrected chi connectivity index (χ2v) is 6.08. The number of nitrogens with one attached hydrogen (secondary N) is 1. The van der Waals surface area contributed by atoms with E-state index in [1.54, 1.807) is 0 Å². The van der Waals surface area contributed by atoms with Gasteiger partial charge in [-0.05, 0) is 49.2 Å². The van der Waals surface area contributed by atoms with Gasteiger partial charge >= 0.3 is 6.18 Å². The number of halogens is 3. The highest BCUT2D eigenvalue weighted by molar-refractivity contribution is 5.30. The first-order chi connectivity index (χ1) is 11.5. The Hall–Kier alpha value is -2.01. The molecule has 1 unspecified atom stereocenters. The summed E-state index contributed by atoms with van der Waals surface area (Å²) >= 11 is 0. The lowest BCUT2D eigenvalue weighted by Crippen LogP contribution is -2.35. The van der Waals surface area contributed by atoms with E-state index in [0.29, 0.717) is 11.7 Å². The molecule has 1 aliphatic heterocycles. The van der Waals surface area contributed by atoms with Crippen LogP contribution in [-0.2, 0) is 6.18 Å². The summed E-state index contributed by atoms with van der Waals surface area (Å²) in [6.07, 6.45) is -2.39. The molecule has 0 radical (unpaired) electrons. The highest BCUT2D eigenvalue weighted by atomic mass is 19.4. The highest BCUT2D eigenvalue weighted by Crippen LogP contribution is 2.34. The van der Waals surface area contributed by atoms with Crippen LogP contribution in [0.25, 0.3) is 0 Å². The lowest BCUT2D eigenvalue weighted by molar-refractivity contribution is -0.137. The van der Waals surface area contributed by atoms with Crippen molar-refractivity contribution in [2.75, 3.05) is 13.1 Å². The Morgan fingerprint density at radius 1 is 1.00 bits per heavy atom. The van der Waals surface area contributed by atoms with Crippen LogP contribution in [0.1, 0.15) is 30.1 Å². The quantitative estimate of drug-likeness (QED) is 0.864. The Kier molecular flexibility index (Phi) is 5.09. The van der Waals surface area contributed by atoms with Crippen molar-refractivity contribution >= 4 is 0 Å². The van der Waals surface area contributed by atoms with Crippen LogP contribution >= 0.6 is 0 Å². The van der Waals surface area contributed by atoms with E-state index in [1.165, 1.54) is 12.1 Å². The zero-order chi connectivity index (χ0) is 17.0. The molecule has 0 bridgehead atoms. The van der Waals surface area contributed by atoms with Gasteiger partial charge in [0.2, 0.25) is 0 Å². The SMILES string of the molecule is FC(F)(F)c1ccc(OC(c2ccccc2)[C@@H]2CCCNC2)cc1. The topological polar surface area (TPSA) is 21.3 Å². The van der Waals surface area contributed by atoms with Crippen LogP contribution in [0, 0.1) is 5.92 Å². The Morgan fingerprint density at radius 2 is 1.71 bits per heavy atom. The van der Waals surface area contributed by atoms with E-state index in [-0.39, 0.29) is 6.10 Å². The molecule has 1 saturated heterocycles. The summed E-state index contributed by atoms with van der Waals surface area (Å²) in [7, 11) is 0. The molecule has 1 N–H and O–H groups in total. The minimum absolute atomic E-state index is 0.171. The van der Waals surface area contributed by atoms with Crippen molar-refractivity contribution in [1.82, 2.24) is 5.32 Å². The molecule has 1 fully saturated rings. The predicted molar refractivity (Wildman–Crippen MR) is 86.8 cm³/mol. The fourth-order valence-electron chi connectivity index (χ4n) is 3.09. The Morgan fingerprint density at radius 3 is 2.29 bits per heavy atom. The molecular weight excluding hydrogens is 315 g/mol.